The van der Waals surface area contributed by atoms with Gasteiger partial charge in [0.25, 0.3) is 0 Å². The first-order chi connectivity index (χ1) is 7.14. The molecule has 1 aromatic rings. The second kappa shape index (κ2) is 5.59. The third kappa shape index (κ3) is 3.00. The maximum absolute atomic E-state index is 13.5. The standard InChI is InChI=1S/C12H20FNS/c1-4-6-8-12(3,7-5-2)11-10(13)9-15-14-11/h9H,4-8H2,1-3H3. The Morgan fingerprint density at radius 3 is 2.53 bits per heavy atom. The van der Waals surface area contributed by atoms with E-state index in [1.54, 1.807) is 0 Å². The van der Waals surface area contributed by atoms with Crippen molar-refractivity contribution < 1.29 is 4.39 Å². The van der Waals surface area contributed by atoms with Crippen molar-refractivity contribution in [2.24, 2.45) is 0 Å². The summed E-state index contributed by atoms with van der Waals surface area (Å²) in [6.45, 7) is 6.46. The highest BCUT2D eigenvalue weighted by Crippen LogP contribution is 2.35. The summed E-state index contributed by atoms with van der Waals surface area (Å²) < 4.78 is 17.8. The van der Waals surface area contributed by atoms with Crippen LogP contribution in [0.15, 0.2) is 5.38 Å². The van der Waals surface area contributed by atoms with Gasteiger partial charge in [-0.3, -0.25) is 0 Å². The highest BCUT2D eigenvalue weighted by atomic mass is 32.1. The summed E-state index contributed by atoms with van der Waals surface area (Å²) in [6.07, 6.45) is 5.45. The lowest BCUT2D eigenvalue weighted by Gasteiger charge is -2.27. The van der Waals surface area contributed by atoms with Crippen molar-refractivity contribution in [3.63, 3.8) is 0 Å². The Morgan fingerprint density at radius 1 is 1.33 bits per heavy atom. The van der Waals surface area contributed by atoms with Gasteiger partial charge in [0.05, 0.1) is 5.69 Å². The van der Waals surface area contributed by atoms with Gasteiger partial charge in [0.15, 0.2) is 5.82 Å². The monoisotopic (exact) mass is 229 g/mol. The summed E-state index contributed by atoms with van der Waals surface area (Å²) in [6, 6.07) is 0. The molecule has 0 aliphatic rings. The van der Waals surface area contributed by atoms with Gasteiger partial charge >= 0.3 is 0 Å². The first-order valence-electron chi connectivity index (χ1n) is 5.74. The van der Waals surface area contributed by atoms with Crippen LogP contribution in [0.4, 0.5) is 4.39 Å². The van der Waals surface area contributed by atoms with Crippen LogP contribution in [0.3, 0.4) is 0 Å². The van der Waals surface area contributed by atoms with Crippen molar-refractivity contribution in [2.45, 2.75) is 58.3 Å². The molecule has 0 aromatic carbocycles. The molecule has 1 rings (SSSR count). The molecule has 1 nitrogen and oxygen atoms in total. The van der Waals surface area contributed by atoms with Crippen LogP contribution >= 0.6 is 11.5 Å². The second-order valence-corrected chi connectivity index (χ2v) is 5.05. The molecule has 15 heavy (non-hydrogen) atoms. The van der Waals surface area contributed by atoms with Crippen LogP contribution in [0, 0.1) is 5.82 Å². The minimum atomic E-state index is -0.118. The Kier molecular flexibility index (Phi) is 4.71. The zero-order valence-electron chi connectivity index (χ0n) is 9.85. The average Bonchev–Trinajstić information content (AvgIpc) is 2.62. The van der Waals surface area contributed by atoms with Crippen molar-refractivity contribution in [2.75, 3.05) is 0 Å². The van der Waals surface area contributed by atoms with E-state index in [-0.39, 0.29) is 11.2 Å². The Balaban J connectivity index is 2.85. The largest absolute Gasteiger partial charge is 0.204 e. The van der Waals surface area contributed by atoms with Gasteiger partial charge in [-0.15, -0.1) is 0 Å². The zero-order chi connectivity index (χ0) is 11.3. The van der Waals surface area contributed by atoms with E-state index in [0.29, 0.717) is 5.69 Å². The maximum atomic E-state index is 13.5. The van der Waals surface area contributed by atoms with E-state index in [0.717, 1.165) is 32.1 Å². The van der Waals surface area contributed by atoms with Gasteiger partial charge in [0, 0.05) is 10.8 Å². The van der Waals surface area contributed by atoms with E-state index in [1.165, 1.54) is 16.9 Å². The molecule has 1 aromatic heterocycles. The number of hydrogen-bond donors (Lipinski definition) is 0. The molecule has 1 atom stereocenters. The summed E-state index contributed by atoms with van der Waals surface area (Å²) >= 11 is 1.23. The molecule has 0 radical (unpaired) electrons. The van der Waals surface area contributed by atoms with Crippen LogP contribution in [0.1, 0.15) is 58.6 Å². The molecule has 86 valence electrons. The molecular formula is C12H20FNS. The molecule has 0 amide bonds. The van der Waals surface area contributed by atoms with E-state index in [9.17, 15) is 4.39 Å². The van der Waals surface area contributed by atoms with E-state index < -0.39 is 0 Å². The van der Waals surface area contributed by atoms with Gasteiger partial charge in [-0.05, 0) is 24.4 Å². The van der Waals surface area contributed by atoms with Gasteiger partial charge in [-0.1, -0.05) is 40.0 Å². The van der Waals surface area contributed by atoms with E-state index in [4.69, 9.17) is 0 Å². The highest BCUT2D eigenvalue weighted by molar-refractivity contribution is 7.03. The van der Waals surface area contributed by atoms with Gasteiger partial charge in [-0.25, -0.2) is 4.39 Å². The lowest BCUT2D eigenvalue weighted by atomic mass is 9.78. The van der Waals surface area contributed by atoms with Crippen molar-refractivity contribution in [1.82, 2.24) is 4.37 Å². The lowest BCUT2D eigenvalue weighted by molar-refractivity contribution is 0.360. The quantitative estimate of drug-likeness (QED) is 0.698. The maximum Gasteiger partial charge on any atom is 0.157 e. The summed E-state index contributed by atoms with van der Waals surface area (Å²) in [4.78, 5) is 0. The minimum absolute atomic E-state index is 0.0607. The number of nitrogens with zero attached hydrogens (tertiary/aromatic N) is 1. The van der Waals surface area contributed by atoms with Gasteiger partial charge in [0.1, 0.15) is 0 Å². The molecule has 0 bridgehead atoms. The number of rotatable bonds is 6. The third-order valence-electron chi connectivity index (χ3n) is 2.98. The average molecular weight is 229 g/mol. The van der Waals surface area contributed by atoms with E-state index in [2.05, 4.69) is 25.1 Å². The molecule has 0 saturated carbocycles. The molecule has 3 heteroatoms. The Morgan fingerprint density at radius 2 is 2.07 bits per heavy atom. The number of aromatic nitrogens is 1. The van der Waals surface area contributed by atoms with Crippen LogP contribution in [0.5, 0.6) is 0 Å². The first-order valence-corrected chi connectivity index (χ1v) is 6.58. The summed E-state index contributed by atoms with van der Waals surface area (Å²) in [5, 5.41) is 1.51. The highest BCUT2D eigenvalue weighted by Gasteiger charge is 2.30. The van der Waals surface area contributed by atoms with Crippen molar-refractivity contribution >= 4 is 11.5 Å². The van der Waals surface area contributed by atoms with Crippen molar-refractivity contribution in [3.05, 3.63) is 16.9 Å². The molecule has 0 N–H and O–H groups in total. The fourth-order valence-electron chi connectivity index (χ4n) is 2.10. The van der Waals surface area contributed by atoms with Crippen LogP contribution in [-0.4, -0.2) is 4.37 Å². The fraction of sp³-hybridized carbons (Fsp3) is 0.750. The Bertz CT molecular complexity index is 298. The normalized spacial score (nSPS) is 15.2. The molecule has 0 spiro atoms. The van der Waals surface area contributed by atoms with Crippen LogP contribution in [0.25, 0.3) is 0 Å². The molecule has 0 aliphatic heterocycles. The smallest absolute Gasteiger partial charge is 0.157 e. The predicted octanol–water partition coefficient (Wildman–Crippen LogP) is 4.53. The van der Waals surface area contributed by atoms with E-state index >= 15 is 0 Å². The second-order valence-electron chi connectivity index (χ2n) is 4.43. The topological polar surface area (TPSA) is 12.9 Å². The van der Waals surface area contributed by atoms with Crippen LogP contribution in [-0.2, 0) is 5.41 Å². The van der Waals surface area contributed by atoms with E-state index in [1.807, 2.05) is 0 Å². The fourth-order valence-corrected chi connectivity index (χ4v) is 2.77. The Hall–Kier alpha value is -0.440. The van der Waals surface area contributed by atoms with Crippen molar-refractivity contribution in [3.8, 4) is 0 Å². The SMILES string of the molecule is CCCCC(C)(CCC)c1nscc1F. The first kappa shape index (κ1) is 12.6. The summed E-state index contributed by atoms with van der Waals surface area (Å²) in [5.74, 6) is -0.118. The van der Waals surface area contributed by atoms with Gasteiger partial charge < -0.3 is 0 Å². The van der Waals surface area contributed by atoms with Gasteiger partial charge in [0.2, 0.25) is 0 Å². The van der Waals surface area contributed by atoms with Crippen LogP contribution in [0.2, 0.25) is 0 Å². The molecule has 0 fully saturated rings. The van der Waals surface area contributed by atoms with Crippen LogP contribution < -0.4 is 0 Å². The molecule has 1 heterocycles. The Labute approximate surface area is 95.9 Å². The third-order valence-corrected chi connectivity index (χ3v) is 3.58. The lowest BCUT2D eigenvalue weighted by Crippen LogP contribution is -2.23. The molecule has 0 saturated heterocycles. The minimum Gasteiger partial charge on any atom is -0.204 e. The zero-order valence-corrected chi connectivity index (χ0v) is 10.7. The number of hydrogen-bond acceptors (Lipinski definition) is 2. The molecule has 0 aliphatic carbocycles. The van der Waals surface area contributed by atoms with Crippen molar-refractivity contribution in [1.29, 1.82) is 0 Å². The molecule has 1 unspecified atom stereocenters. The molecular weight excluding hydrogens is 209 g/mol. The number of halogens is 1. The number of unbranched alkanes of at least 4 members (excludes halogenated alkanes) is 1. The predicted molar refractivity (Wildman–Crippen MR) is 63.9 cm³/mol. The summed E-state index contributed by atoms with van der Waals surface area (Å²) in [7, 11) is 0. The van der Waals surface area contributed by atoms with Gasteiger partial charge in [-0.2, -0.15) is 4.37 Å². The summed E-state index contributed by atoms with van der Waals surface area (Å²) in [5.41, 5.74) is 0.622.